The van der Waals surface area contributed by atoms with E-state index in [2.05, 4.69) is 20.6 Å². The molecule has 0 saturated carbocycles. The number of amides is 1. The van der Waals surface area contributed by atoms with Crippen LogP contribution in [0.3, 0.4) is 0 Å². The monoisotopic (exact) mass is 582 g/mol. The number of hydrogen-bond donors (Lipinski definition) is 2. The first-order chi connectivity index (χ1) is 20.0. The van der Waals surface area contributed by atoms with E-state index in [4.69, 9.17) is 14.2 Å². The summed E-state index contributed by atoms with van der Waals surface area (Å²) in [6.45, 7) is 5.32. The quantitative estimate of drug-likeness (QED) is 0.176. The molecule has 2 aromatic carbocycles. The fourth-order valence-electron chi connectivity index (χ4n) is 4.10. The molecule has 0 bridgehead atoms. The van der Waals surface area contributed by atoms with E-state index in [-0.39, 0.29) is 36.3 Å². The number of pyridine rings is 2. The number of fused-ring (bicyclic) bond motifs is 1. The maximum Gasteiger partial charge on any atom is 0.491 e. The lowest BCUT2D eigenvalue weighted by Gasteiger charge is -2.34. The largest absolute Gasteiger partial charge is 0.491 e. The Morgan fingerprint density at radius 1 is 0.952 bits per heavy atom. The molecule has 0 aliphatic carbocycles. The lowest BCUT2D eigenvalue weighted by Crippen LogP contribution is -2.54. The van der Waals surface area contributed by atoms with Crippen molar-refractivity contribution in [2.24, 2.45) is 0 Å². The van der Waals surface area contributed by atoms with Crippen LogP contribution in [0.4, 0.5) is 18.9 Å². The molecule has 42 heavy (non-hydrogen) atoms. The van der Waals surface area contributed by atoms with E-state index < -0.39 is 23.8 Å². The number of hydrogen-bond acceptors (Lipinski definition) is 8. The normalized spacial score (nSPS) is 12.8. The number of ether oxygens (including phenoxy) is 3. The van der Waals surface area contributed by atoms with Crippen LogP contribution in [0.15, 0.2) is 79.3 Å². The van der Waals surface area contributed by atoms with Crippen LogP contribution in [0.2, 0.25) is 0 Å². The number of anilines is 1. The van der Waals surface area contributed by atoms with Crippen molar-refractivity contribution in [1.82, 2.24) is 15.3 Å². The third-order valence-electron chi connectivity index (χ3n) is 5.93. The molecule has 1 atom stereocenters. The first kappa shape index (κ1) is 30.1. The Morgan fingerprint density at radius 3 is 2.45 bits per heavy atom. The van der Waals surface area contributed by atoms with Crippen molar-refractivity contribution in [2.45, 2.75) is 45.3 Å². The highest BCUT2D eigenvalue weighted by Crippen LogP contribution is 2.38. The fraction of sp³-hybridized carbons (Fsp3) is 0.267. The summed E-state index contributed by atoms with van der Waals surface area (Å²) in [6.07, 6.45) is -1.01. The number of nitrogens with zero attached hydrogens (tertiary/aromatic N) is 2. The SMILES string of the molecule is CCOc1cc(C(Nc2ccc3cnccc3c2)(OC(=O)C(F)(F)F)C(=O)NCc2ccccn2)ccc1OC(C)C. The number of aromatic nitrogens is 2. The molecule has 0 radical (unpaired) electrons. The Morgan fingerprint density at radius 2 is 1.76 bits per heavy atom. The molecular formula is C30H29F3N4O5. The van der Waals surface area contributed by atoms with Crippen LogP contribution in [0.25, 0.3) is 10.8 Å². The highest BCUT2D eigenvalue weighted by Gasteiger charge is 2.52. The molecule has 1 amide bonds. The molecule has 2 heterocycles. The number of rotatable bonds is 11. The van der Waals surface area contributed by atoms with Crippen LogP contribution in [0, 0.1) is 0 Å². The first-order valence-electron chi connectivity index (χ1n) is 13.1. The van der Waals surface area contributed by atoms with Crippen molar-refractivity contribution in [1.29, 1.82) is 0 Å². The summed E-state index contributed by atoms with van der Waals surface area (Å²) >= 11 is 0. The molecule has 0 saturated heterocycles. The molecule has 12 heteroatoms. The summed E-state index contributed by atoms with van der Waals surface area (Å²) < 4.78 is 57.6. The van der Waals surface area contributed by atoms with Gasteiger partial charge in [0.05, 0.1) is 24.9 Å². The van der Waals surface area contributed by atoms with Crippen LogP contribution in [-0.4, -0.2) is 40.7 Å². The van der Waals surface area contributed by atoms with Crippen molar-refractivity contribution >= 4 is 28.3 Å². The van der Waals surface area contributed by atoms with Gasteiger partial charge in [-0.2, -0.15) is 13.2 Å². The molecule has 0 aliphatic heterocycles. The zero-order valence-electron chi connectivity index (χ0n) is 23.1. The Hall–Kier alpha value is -4.87. The number of carbonyl (C=O) groups excluding carboxylic acids is 2. The highest BCUT2D eigenvalue weighted by atomic mass is 19.4. The minimum absolute atomic E-state index is 0.139. The Labute approximate surface area is 240 Å². The topological polar surface area (TPSA) is 112 Å². The number of halogens is 3. The van der Waals surface area contributed by atoms with Crippen LogP contribution in [0.1, 0.15) is 32.0 Å². The summed E-state index contributed by atoms with van der Waals surface area (Å²) in [5.74, 6) is -3.23. The van der Waals surface area contributed by atoms with Gasteiger partial charge in [0.15, 0.2) is 11.5 Å². The molecule has 2 N–H and O–H groups in total. The Kier molecular flexibility index (Phi) is 9.14. The van der Waals surface area contributed by atoms with Gasteiger partial charge < -0.3 is 24.8 Å². The minimum Gasteiger partial charge on any atom is -0.490 e. The highest BCUT2D eigenvalue weighted by molar-refractivity contribution is 5.93. The summed E-state index contributed by atoms with van der Waals surface area (Å²) in [5, 5.41) is 6.76. The van der Waals surface area contributed by atoms with E-state index in [1.807, 2.05) is 0 Å². The summed E-state index contributed by atoms with van der Waals surface area (Å²) in [4.78, 5) is 34.6. The van der Waals surface area contributed by atoms with E-state index in [0.29, 0.717) is 16.8 Å². The number of nitrogens with one attached hydrogen (secondary N) is 2. The van der Waals surface area contributed by atoms with Gasteiger partial charge in [0.2, 0.25) is 0 Å². The molecule has 220 valence electrons. The van der Waals surface area contributed by atoms with Crippen LogP contribution >= 0.6 is 0 Å². The van der Waals surface area contributed by atoms with Crippen molar-refractivity contribution in [3.05, 3.63) is 90.5 Å². The number of carbonyl (C=O) groups is 2. The average Bonchev–Trinajstić information content (AvgIpc) is 2.96. The van der Waals surface area contributed by atoms with Gasteiger partial charge in [-0.25, -0.2) is 4.79 Å². The molecular weight excluding hydrogens is 553 g/mol. The molecule has 0 spiro atoms. The van der Waals surface area contributed by atoms with Crippen LogP contribution in [-0.2, 0) is 26.6 Å². The molecule has 4 aromatic rings. The van der Waals surface area contributed by atoms with E-state index in [1.165, 1.54) is 30.5 Å². The molecule has 0 aliphatic rings. The van der Waals surface area contributed by atoms with E-state index in [9.17, 15) is 22.8 Å². The van der Waals surface area contributed by atoms with Gasteiger partial charge in [-0.3, -0.25) is 14.8 Å². The number of esters is 1. The number of benzene rings is 2. The minimum atomic E-state index is -5.41. The zero-order valence-corrected chi connectivity index (χ0v) is 23.1. The third kappa shape index (κ3) is 7.06. The van der Waals surface area contributed by atoms with Crippen molar-refractivity contribution in [3.63, 3.8) is 0 Å². The van der Waals surface area contributed by atoms with Gasteiger partial charge in [0.1, 0.15) is 0 Å². The average molecular weight is 583 g/mol. The zero-order chi connectivity index (χ0) is 30.3. The maximum absolute atomic E-state index is 14.0. The first-order valence-corrected chi connectivity index (χ1v) is 13.1. The molecule has 0 fully saturated rings. The van der Waals surface area contributed by atoms with Crippen molar-refractivity contribution in [3.8, 4) is 11.5 Å². The molecule has 2 aromatic heterocycles. The third-order valence-corrected chi connectivity index (χ3v) is 5.93. The Bertz CT molecular complexity index is 1550. The van der Waals surface area contributed by atoms with E-state index in [1.54, 1.807) is 69.6 Å². The van der Waals surface area contributed by atoms with Crippen LogP contribution in [0.5, 0.6) is 11.5 Å². The smallest absolute Gasteiger partial charge is 0.490 e. The van der Waals surface area contributed by atoms with Gasteiger partial charge >= 0.3 is 12.1 Å². The lowest BCUT2D eigenvalue weighted by atomic mass is 9.99. The maximum atomic E-state index is 14.0. The van der Waals surface area contributed by atoms with Crippen molar-refractivity contribution in [2.75, 3.05) is 11.9 Å². The predicted octanol–water partition coefficient (Wildman–Crippen LogP) is 5.50. The summed E-state index contributed by atoms with van der Waals surface area (Å²) in [6, 6.07) is 15.6. The van der Waals surface area contributed by atoms with Gasteiger partial charge in [0.25, 0.3) is 11.6 Å². The van der Waals surface area contributed by atoms with Gasteiger partial charge in [-0.15, -0.1) is 0 Å². The lowest BCUT2D eigenvalue weighted by molar-refractivity contribution is -0.213. The van der Waals surface area contributed by atoms with Gasteiger partial charge in [-0.05, 0) is 74.7 Å². The second-order valence-electron chi connectivity index (χ2n) is 9.40. The van der Waals surface area contributed by atoms with E-state index >= 15 is 0 Å². The fourth-order valence-corrected chi connectivity index (χ4v) is 4.10. The predicted molar refractivity (Wildman–Crippen MR) is 149 cm³/mol. The number of alkyl halides is 3. The molecule has 9 nitrogen and oxygen atoms in total. The molecule has 4 rings (SSSR count). The van der Waals surface area contributed by atoms with Gasteiger partial charge in [-0.1, -0.05) is 12.1 Å². The van der Waals surface area contributed by atoms with Crippen molar-refractivity contribution < 1.29 is 37.0 Å². The second-order valence-corrected chi connectivity index (χ2v) is 9.40. The Balaban J connectivity index is 1.88. The summed E-state index contributed by atoms with van der Waals surface area (Å²) in [7, 11) is 0. The second kappa shape index (κ2) is 12.8. The molecule has 1 unspecified atom stereocenters. The van der Waals surface area contributed by atoms with E-state index in [0.717, 1.165) is 5.39 Å². The standard InChI is InChI=1S/C30H29F3N4O5/c1-4-40-26-16-22(9-11-25(26)41-19(2)3)29(42-28(39)30(31,32)33,27(38)36-18-24-7-5-6-13-35-24)37-23-10-8-21-17-34-14-12-20(21)15-23/h5-17,19,37H,4,18H2,1-3H3,(H,36,38). The summed E-state index contributed by atoms with van der Waals surface area (Å²) in [5.41, 5.74) is -2.23. The van der Waals surface area contributed by atoms with Crippen LogP contribution < -0.4 is 20.1 Å². The van der Waals surface area contributed by atoms with Gasteiger partial charge in [0, 0.05) is 35.2 Å².